The molecule has 2 N–H and O–H groups in total. The van der Waals surface area contributed by atoms with Crippen LogP contribution in [-0.2, 0) is 6.18 Å². The summed E-state index contributed by atoms with van der Waals surface area (Å²) in [4.78, 5) is 18.4. The van der Waals surface area contributed by atoms with Crippen LogP contribution in [0.25, 0.3) is 11.3 Å². The molecule has 2 aromatic heterocycles. The van der Waals surface area contributed by atoms with Crippen molar-refractivity contribution in [2.45, 2.75) is 18.6 Å². The number of alkyl halides is 3. The minimum atomic E-state index is -4.42. The number of benzene rings is 1. The van der Waals surface area contributed by atoms with Crippen LogP contribution in [0.4, 0.5) is 19.0 Å². The van der Waals surface area contributed by atoms with Crippen LogP contribution in [0.3, 0.4) is 0 Å². The van der Waals surface area contributed by atoms with Crippen LogP contribution in [0, 0.1) is 0 Å². The van der Waals surface area contributed by atoms with E-state index < -0.39 is 11.7 Å². The first-order chi connectivity index (χ1) is 14.8. The van der Waals surface area contributed by atoms with Gasteiger partial charge in [-0.15, -0.1) is 0 Å². The molecule has 0 radical (unpaired) electrons. The number of H-pyrrole nitrogens is 1. The summed E-state index contributed by atoms with van der Waals surface area (Å²) in [5.41, 5.74) is 0.878. The van der Waals surface area contributed by atoms with E-state index in [1.807, 2.05) is 29.2 Å². The maximum absolute atomic E-state index is 12.7. The molecule has 4 rings (SSSR count). The normalized spacial score (nSPS) is 16.4. The zero-order valence-corrected chi connectivity index (χ0v) is 16.6. The van der Waals surface area contributed by atoms with Gasteiger partial charge >= 0.3 is 6.18 Å². The van der Waals surface area contributed by atoms with Crippen LogP contribution in [0.15, 0.2) is 48.7 Å². The van der Waals surface area contributed by atoms with Crippen molar-refractivity contribution in [1.29, 1.82) is 0 Å². The molecule has 31 heavy (non-hydrogen) atoms. The molecule has 162 valence electrons. The lowest BCUT2D eigenvalue weighted by molar-refractivity contribution is -0.137. The minimum absolute atomic E-state index is 0.158. The van der Waals surface area contributed by atoms with E-state index in [9.17, 15) is 18.0 Å². The summed E-state index contributed by atoms with van der Waals surface area (Å²) < 4.78 is 43.4. The lowest BCUT2D eigenvalue weighted by atomic mass is 10.1. The second kappa shape index (κ2) is 8.29. The number of nitrogens with one attached hydrogen (secondary N) is 2. The molecule has 7 nitrogen and oxygen atoms in total. The van der Waals surface area contributed by atoms with Crippen LogP contribution in [-0.4, -0.2) is 47.3 Å². The Morgan fingerprint density at radius 3 is 2.77 bits per heavy atom. The number of rotatable bonds is 5. The van der Waals surface area contributed by atoms with E-state index in [1.54, 1.807) is 13.2 Å². The Bertz CT molecular complexity index is 1070. The zero-order chi connectivity index (χ0) is 22.0. The molecule has 1 unspecified atom stereocenters. The van der Waals surface area contributed by atoms with E-state index in [1.165, 1.54) is 6.07 Å². The van der Waals surface area contributed by atoms with Crippen molar-refractivity contribution in [2.24, 2.45) is 0 Å². The SMILES string of the molecule is COc1ccccc1-c1cc(C(=O)NC2CCN(c3ccc(C(F)(F)F)cn3)C2)[nH]n1. The Balaban J connectivity index is 1.38. The predicted octanol–water partition coefficient (Wildman–Crippen LogP) is 3.51. The Morgan fingerprint density at radius 1 is 1.26 bits per heavy atom. The topological polar surface area (TPSA) is 83.1 Å². The molecule has 1 fully saturated rings. The van der Waals surface area contributed by atoms with Crippen molar-refractivity contribution in [3.05, 3.63) is 59.9 Å². The molecular formula is C21H20F3N5O2. The molecule has 1 aliphatic rings. The van der Waals surface area contributed by atoms with Crippen molar-refractivity contribution in [1.82, 2.24) is 20.5 Å². The fourth-order valence-corrected chi connectivity index (χ4v) is 3.52. The number of carbonyl (C=O) groups excluding carboxylic acids is 1. The molecule has 3 heterocycles. The van der Waals surface area contributed by atoms with Gasteiger partial charge in [0.1, 0.15) is 17.3 Å². The summed E-state index contributed by atoms with van der Waals surface area (Å²) in [5, 5.41) is 9.88. The molecule has 1 saturated heterocycles. The Morgan fingerprint density at radius 2 is 2.06 bits per heavy atom. The predicted molar refractivity (Wildman–Crippen MR) is 108 cm³/mol. The molecule has 0 saturated carbocycles. The van der Waals surface area contributed by atoms with Gasteiger partial charge < -0.3 is 15.0 Å². The number of para-hydroxylation sites is 1. The summed E-state index contributed by atoms with van der Waals surface area (Å²) in [6, 6.07) is 11.2. The maximum atomic E-state index is 12.7. The third-order valence-corrected chi connectivity index (χ3v) is 5.13. The zero-order valence-electron chi connectivity index (χ0n) is 16.6. The largest absolute Gasteiger partial charge is 0.496 e. The van der Waals surface area contributed by atoms with E-state index in [2.05, 4.69) is 20.5 Å². The lowest BCUT2D eigenvalue weighted by Gasteiger charge is -2.18. The number of aromatic nitrogens is 3. The Kier molecular flexibility index (Phi) is 5.53. The third-order valence-electron chi connectivity index (χ3n) is 5.13. The molecule has 0 bridgehead atoms. The summed E-state index contributed by atoms with van der Waals surface area (Å²) in [7, 11) is 1.57. The molecule has 0 spiro atoms. The van der Waals surface area contributed by atoms with Crippen LogP contribution in [0.5, 0.6) is 5.75 Å². The van der Waals surface area contributed by atoms with Crippen LogP contribution < -0.4 is 15.0 Å². The van der Waals surface area contributed by atoms with Gasteiger partial charge in [-0.1, -0.05) is 12.1 Å². The number of methoxy groups -OCH3 is 1. The van der Waals surface area contributed by atoms with Gasteiger partial charge in [0.05, 0.1) is 18.4 Å². The number of halogens is 3. The summed E-state index contributed by atoms with van der Waals surface area (Å²) in [5.74, 6) is 0.794. The monoisotopic (exact) mass is 431 g/mol. The molecule has 1 aliphatic heterocycles. The number of pyridine rings is 1. The highest BCUT2D eigenvalue weighted by atomic mass is 19.4. The van der Waals surface area contributed by atoms with E-state index in [4.69, 9.17) is 4.74 Å². The quantitative estimate of drug-likeness (QED) is 0.646. The van der Waals surface area contributed by atoms with E-state index in [-0.39, 0.29) is 11.9 Å². The van der Waals surface area contributed by atoms with Crippen LogP contribution in [0.1, 0.15) is 22.5 Å². The van der Waals surface area contributed by atoms with Gasteiger partial charge in [0.2, 0.25) is 0 Å². The van der Waals surface area contributed by atoms with Gasteiger partial charge in [0.25, 0.3) is 5.91 Å². The molecule has 1 atom stereocenters. The fraction of sp³-hybridized carbons (Fsp3) is 0.286. The van der Waals surface area contributed by atoms with Crippen molar-refractivity contribution in [3.63, 3.8) is 0 Å². The Labute approximate surface area is 176 Å². The van der Waals surface area contributed by atoms with Crippen molar-refractivity contribution in [3.8, 4) is 17.0 Å². The molecular weight excluding hydrogens is 411 g/mol. The van der Waals surface area contributed by atoms with Gasteiger partial charge in [-0.2, -0.15) is 18.3 Å². The first-order valence-corrected chi connectivity index (χ1v) is 9.63. The molecule has 10 heteroatoms. The fourth-order valence-electron chi connectivity index (χ4n) is 3.52. The maximum Gasteiger partial charge on any atom is 0.417 e. The van der Waals surface area contributed by atoms with E-state index >= 15 is 0 Å². The number of carbonyl (C=O) groups is 1. The molecule has 1 aromatic carbocycles. The number of hydrogen-bond donors (Lipinski definition) is 2. The third kappa shape index (κ3) is 4.47. The van der Waals surface area contributed by atoms with E-state index in [0.717, 1.165) is 17.8 Å². The minimum Gasteiger partial charge on any atom is -0.496 e. The highest BCUT2D eigenvalue weighted by molar-refractivity contribution is 5.93. The van der Waals surface area contributed by atoms with Gasteiger partial charge in [-0.25, -0.2) is 4.98 Å². The van der Waals surface area contributed by atoms with E-state index in [0.29, 0.717) is 42.5 Å². The Hall–Kier alpha value is -3.56. The lowest BCUT2D eigenvalue weighted by Crippen LogP contribution is -2.37. The number of hydrogen-bond acceptors (Lipinski definition) is 5. The number of aromatic amines is 1. The number of amides is 1. The average molecular weight is 431 g/mol. The highest BCUT2D eigenvalue weighted by Gasteiger charge is 2.31. The number of anilines is 1. The average Bonchev–Trinajstić information content (AvgIpc) is 3.43. The van der Waals surface area contributed by atoms with Crippen LogP contribution >= 0.6 is 0 Å². The first-order valence-electron chi connectivity index (χ1n) is 9.63. The second-order valence-electron chi connectivity index (χ2n) is 7.18. The van der Waals surface area contributed by atoms with Gasteiger partial charge in [-0.05, 0) is 36.8 Å². The molecule has 0 aliphatic carbocycles. The van der Waals surface area contributed by atoms with Gasteiger partial charge in [0, 0.05) is 30.9 Å². The van der Waals surface area contributed by atoms with Crippen molar-refractivity contribution >= 4 is 11.7 Å². The molecule has 1 amide bonds. The highest BCUT2D eigenvalue weighted by Crippen LogP contribution is 2.30. The molecule has 3 aromatic rings. The van der Waals surface area contributed by atoms with Gasteiger partial charge in [0.15, 0.2) is 0 Å². The number of ether oxygens (including phenoxy) is 1. The summed E-state index contributed by atoms with van der Waals surface area (Å²) >= 11 is 0. The second-order valence-corrected chi connectivity index (χ2v) is 7.18. The summed E-state index contributed by atoms with van der Waals surface area (Å²) in [6.45, 7) is 1.04. The first kappa shape index (κ1) is 20.7. The van der Waals surface area contributed by atoms with Crippen LogP contribution in [0.2, 0.25) is 0 Å². The standard InChI is InChI=1S/C21H20F3N5O2/c1-31-18-5-3-2-4-15(18)16-10-17(28-27-16)20(30)26-14-8-9-29(12-14)19-7-6-13(11-25-19)21(22,23)24/h2-7,10-11,14H,8-9,12H2,1H3,(H,26,30)(H,27,28). The smallest absolute Gasteiger partial charge is 0.417 e. The van der Waals surface area contributed by atoms with Gasteiger partial charge in [-0.3, -0.25) is 9.89 Å². The van der Waals surface area contributed by atoms with Crippen molar-refractivity contribution < 1.29 is 22.7 Å². The summed E-state index contributed by atoms with van der Waals surface area (Å²) in [6.07, 6.45) is -2.94. The number of nitrogens with zero attached hydrogens (tertiary/aromatic N) is 3. The van der Waals surface area contributed by atoms with Crippen molar-refractivity contribution in [2.75, 3.05) is 25.1 Å².